The van der Waals surface area contributed by atoms with Crippen LogP contribution >= 0.6 is 0 Å². The van der Waals surface area contributed by atoms with E-state index in [2.05, 4.69) is 0 Å². The van der Waals surface area contributed by atoms with Gasteiger partial charge in [0.25, 0.3) is 5.91 Å². The van der Waals surface area contributed by atoms with Gasteiger partial charge in [-0.3, -0.25) is 4.79 Å². The van der Waals surface area contributed by atoms with Crippen LogP contribution in [0.5, 0.6) is 11.5 Å². The van der Waals surface area contributed by atoms with E-state index in [1.807, 2.05) is 0 Å². The predicted octanol–water partition coefficient (Wildman–Crippen LogP) is 0.719. The summed E-state index contributed by atoms with van der Waals surface area (Å²) in [4.78, 5) is 13.4. The van der Waals surface area contributed by atoms with Gasteiger partial charge in [0.05, 0.1) is 12.4 Å². The Balaban J connectivity index is 1.81. The highest BCUT2D eigenvalue weighted by Gasteiger charge is 2.38. The molecule has 0 aromatic heterocycles. The summed E-state index contributed by atoms with van der Waals surface area (Å²) in [5, 5.41) is -0.428. The van der Waals surface area contributed by atoms with Crippen molar-refractivity contribution in [2.75, 3.05) is 32.6 Å². The van der Waals surface area contributed by atoms with Gasteiger partial charge < -0.3 is 14.4 Å². The second kappa shape index (κ2) is 6.34. The standard InChI is InChI=1S/C14H19NO5S/c1-3-21(17,18)13-8-15(9-13)14(16)10-20-12-6-4-5-11(7-12)19-2/h4-7,13H,3,8-10H2,1-2H3. The lowest BCUT2D eigenvalue weighted by Crippen LogP contribution is -2.58. The van der Waals surface area contributed by atoms with Gasteiger partial charge in [-0.2, -0.15) is 0 Å². The number of amides is 1. The average molecular weight is 313 g/mol. The number of methoxy groups -OCH3 is 1. The molecule has 21 heavy (non-hydrogen) atoms. The summed E-state index contributed by atoms with van der Waals surface area (Å²) in [7, 11) is -1.50. The molecule has 0 aliphatic carbocycles. The molecule has 1 aliphatic rings. The zero-order chi connectivity index (χ0) is 15.5. The van der Waals surface area contributed by atoms with Crippen molar-refractivity contribution in [2.45, 2.75) is 12.2 Å². The second-order valence-corrected chi connectivity index (χ2v) is 7.41. The molecule has 0 radical (unpaired) electrons. The number of sulfone groups is 1. The number of carbonyl (C=O) groups is 1. The zero-order valence-corrected chi connectivity index (χ0v) is 12.9. The van der Waals surface area contributed by atoms with Crippen LogP contribution in [0.1, 0.15) is 6.92 Å². The molecule has 1 aromatic carbocycles. The van der Waals surface area contributed by atoms with Crippen molar-refractivity contribution in [3.63, 3.8) is 0 Å². The molecule has 0 N–H and O–H groups in total. The van der Waals surface area contributed by atoms with Gasteiger partial charge in [-0.05, 0) is 12.1 Å². The Morgan fingerprint density at radius 1 is 1.33 bits per heavy atom. The Morgan fingerprint density at radius 2 is 2.00 bits per heavy atom. The molecule has 6 nitrogen and oxygen atoms in total. The number of nitrogens with zero attached hydrogens (tertiary/aromatic N) is 1. The lowest BCUT2D eigenvalue weighted by Gasteiger charge is -2.38. The monoisotopic (exact) mass is 313 g/mol. The number of hydrogen-bond acceptors (Lipinski definition) is 5. The Morgan fingerprint density at radius 3 is 2.62 bits per heavy atom. The van der Waals surface area contributed by atoms with E-state index in [1.54, 1.807) is 38.3 Å². The molecular weight excluding hydrogens is 294 g/mol. The fraction of sp³-hybridized carbons (Fsp3) is 0.500. The van der Waals surface area contributed by atoms with Gasteiger partial charge >= 0.3 is 0 Å². The molecule has 0 atom stereocenters. The van der Waals surface area contributed by atoms with E-state index >= 15 is 0 Å². The van der Waals surface area contributed by atoms with E-state index in [0.29, 0.717) is 11.5 Å². The maximum absolute atomic E-state index is 11.9. The van der Waals surface area contributed by atoms with Gasteiger partial charge in [0, 0.05) is 24.9 Å². The molecule has 1 fully saturated rings. The van der Waals surface area contributed by atoms with Crippen LogP contribution in [0, 0.1) is 0 Å². The molecule has 2 rings (SSSR count). The SMILES string of the molecule is CCS(=O)(=O)C1CN(C(=O)COc2cccc(OC)c2)C1. The fourth-order valence-corrected chi connectivity index (χ4v) is 3.32. The fourth-order valence-electron chi connectivity index (χ4n) is 2.03. The molecule has 1 aliphatic heterocycles. The van der Waals surface area contributed by atoms with Crippen molar-refractivity contribution in [3.05, 3.63) is 24.3 Å². The third kappa shape index (κ3) is 3.66. The molecule has 116 valence electrons. The molecule has 1 amide bonds. The summed E-state index contributed by atoms with van der Waals surface area (Å²) in [5.41, 5.74) is 0. The lowest BCUT2D eigenvalue weighted by atomic mass is 10.2. The van der Waals surface area contributed by atoms with Gasteiger partial charge in [0.15, 0.2) is 16.4 Å². The highest BCUT2D eigenvalue weighted by Crippen LogP contribution is 2.20. The van der Waals surface area contributed by atoms with Crippen LogP contribution < -0.4 is 9.47 Å². The first kappa shape index (κ1) is 15.6. The predicted molar refractivity (Wildman–Crippen MR) is 78.3 cm³/mol. The minimum Gasteiger partial charge on any atom is -0.497 e. The van der Waals surface area contributed by atoms with E-state index in [-0.39, 0.29) is 31.4 Å². The summed E-state index contributed by atoms with van der Waals surface area (Å²) in [6.45, 7) is 2.03. The van der Waals surface area contributed by atoms with Gasteiger partial charge in [-0.1, -0.05) is 13.0 Å². The third-order valence-electron chi connectivity index (χ3n) is 3.51. The lowest BCUT2D eigenvalue weighted by molar-refractivity contribution is -0.136. The number of hydrogen-bond donors (Lipinski definition) is 0. The highest BCUT2D eigenvalue weighted by atomic mass is 32.2. The molecule has 0 saturated carbocycles. The van der Waals surface area contributed by atoms with Crippen LogP contribution in [0.15, 0.2) is 24.3 Å². The van der Waals surface area contributed by atoms with Crippen LogP contribution in [0.25, 0.3) is 0 Å². The van der Waals surface area contributed by atoms with Crippen molar-refractivity contribution in [2.24, 2.45) is 0 Å². The molecule has 1 aromatic rings. The Kier molecular flexibility index (Phi) is 4.72. The highest BCUT2D eigenvalue weighted by molar-refractivity contribution is 7.92. The van der Waals surface area contributed by atoms with Gasteiger partial charge in [-0.15, -0.1) is 0 Å². The normalized spacial score (nSPS) is 15.4. The third-order valence-corrected chi connectivity index (χ3v) is 5.63. The van der Waals surface area contributed by atoms with Crippen molar-refractivity contribution in [3.8, 4) is 11.5 Å². The quantitative estimate of drug-likeness (QED) is 0.774. The van der Waals surface area contributed by atoms with Crippen LogP contribution in [0.3, 0.4) is 0 Å². The van der Waals surface area contributed by atoms with Crippen LogP contribution in [0.4, 0.5) is 0 Å². The summed E-state index contributed by atoms with van der Waals surface area (Å²) >= 11 is 0. The molecule has 7 heteroatoms. The van der Waals surface area contributed by atoms with Crippen LogP contribution in [-0.4, -0.2) is 57.0 Å². The number of likely N-dealkylation sites (tertiary alicyclic amines) is 1. The average Bonchev–Trinajstić information content (AvgIpc) is 2.43. The molecule has 1 saturated heterocycles. The van der Waals surface area contributed by atoms with Gasteiger partial charge in [-0.25, -0.2) is 8.42 Å². The summed E-state index contributed by atoms with van der Waals surface area (Å²) < 4.78 is 33.7. The zero-order valence-electron chi connectivity index (χ0n) is 12.1. The first-order valence-corrected chi connectivity index (χ1v) is 8.44. The van der Waals surface area contributed by atoms with Crippen molar-refractivity contribution < 1.29 is 22.7 Å². The number of carbonyl (C=O) groups excluding carboxylic acids is 1. The Bertz CT molecular complexity index is 608. The number of benzene rings is 1. The van der Waals surface area contributed by atoms with Crippen LogP contribution in [-0.2, 0) is 14.6 Å². The minimum absolute atomic E-state index is 0.105. The van der Waals surface area contributed by atoms with Gasteiger partial charge in [0.1, 0.15) is 11.5 Å². The topological polar surface area (TPSA) is 72.9 Å². The largest absolute Gasteiger partial charge is 0.497 e. The maximum atomic E-state index is 11.9. The van der Waals surface area contributed by atoms with Gasteiger partial charge in [0.2, 0.25) is 0 Å². The number of ether oxygens (including phenoxy) is 2. The summed E-state index contributed by atoms with van der Waals surface area (Å²) in [6, 6.07) is 6.97. The smallest absolute Gasteiger partial charge is 0.260 e. The molecule has 0 spiro atoms. The first-order chi connectivity index (χ1) is 9.96. The molecule has 0 unspecified atom stereocenters. The van der Waals surface area contributed by atoms with E-state index in [0.717, 1.165) is 0 Å². The molecular formula is C14H19NO5S. The Labute approximate surface area is 124 Å². The summed E-state index contributed by atoms with van der Waals surface area (Å²) in [6.07, 6.45) is 0. The van der Waals surface area contributed by atoms with E-state index in [9.17, 15) is 13.2 Å². The van der Waals surface area contributed by atoms with E-state index in [1.165, 1.54) is 4.90 Å². The first-order valence-electron chi connectivity index (χ1n) is 6.72. The second-order valence-electron chi connectivity index (χ2n) is 4.84. The van der Waals surface area contributed by atoms with Crippen molar-refractivity contribution in [1.29, 1.82) is 0 Å². The van der Waals surface area contributed by atoms with E-state index in [4.69, 9.17) is 9.47 Å². The molecule has 1 heterocycles. The summed E-state index contributed by atoms with van der Waals surface area (Å²) in [5.74, 6) is 1.10. The van der Waals surface area contributed by atoms with E-state index < -0.39 is 15.1 Å². The number of rotatable bonds is 6. The van der Waals surface area contributed by atoms with Crippen molar-refractivity contribution in [1.82, 2.24) is 4.90 Å². The minimum atomic E-state index is -3.06. The maximum Gasteiger partial charge on any atom is 0.260 e. The van der Waals surface area contributed by atoms with Crippen molar-refractivity contribution >= 4 is 15.7 Å². The van der Waals surface area contributed by atoms with Crippen LogP contribution in [0.2, 0.25) is 0 Å². The molecule has 0 bridgehead atoms. The Hall–Kier alpha value is -1.76.